The van der Waals surface area contributed by atoms with Crippen LogP contribution in [0, 0.1) is 5.82 Å². The minimum atomic E-state index is -0.464. The molecule has 2 aromatic heterocycles. The Labute approximate surface area is 138 Å². The largest absolute Gasteiger partial charge is 0.487 e. The molecule has 6 nitrogen and oxygen atoms in total. The lowest BCUT2D eigenvalue weighted by Gasteiger charge is -2.13. The minimum absolute atomic E-state index is 0. The van der Waals surface area contributed by atoms with E-state index in [9.17, 15) is 4.39 Å². The minimum Gasteiger partial charge on any atom is -0.487 e. The van der Waals surface area contributed by atoms with Gasteiger partial charge in [0.25, 0.3) is 0 Å². The second-order valence-corrected chi connectivity index (χ2v) is 4.85. The van der Waals surface area contributed by atoms with Crippen LogP contribution in [0.15, 0.2) is 41.9 Å². The number of rotatable bonds is 5. The molecule has 0 bridgehead atoms. The van der Waals surface area contributed by atoms with E-state index in [0.717, 1.165) is 17.5 Å². The Kier molecular flexibility index (Phi) is 5.84. The molecule has 1 aliphatic heterocycles. The zero-order valence-corrected chi connectivity index (χ0v) is 13.0. The van der Waals surface area contributed by atoms with E-state index in [4.69, 9.17) is 15.3 Å². The Morgan fingerprint density at radius 2 is 2.26 bits per heavy atom. The molecule has 0 saturated carbocycles. The molecule has 0 aliphatic carbocycles. The van der Waals surface area contributed by atoms with E-state index in [2.05, 4.69) is 15.1 Å². The van der Waals surface area contributed by atoms with Crippen LogP contribution in [-0.2, 0) is 4.84 Å². The van der Waals surface area contributed by atoms with Gasteiger partial charge in [-0.1, -0.05) is 5.16 Å². The average molecular weight is 339 g/mol. The summed E-state index contributed by atoms with van der Waals surface area (Å²) < 4.78 is 19.1. The highest BCUT2D eigenvalue weighted by atomic mass is 35.5. The predicted molar refractivity (Wildman–Crippen MR) is 86.1 cm³/mol. The molecule has 122 valence electrons. The summed E-state index contributed by atoms with van der Waals surface area (Å²) in [4.78, 5) is 13.3. The normalized spacial score (nSPS) is 16.3. The van der Waals surface area contributed by atoms with E-state index in [1.807, 2.05) is 6.07 Å². The van der Waals surface area contributed by atoms with E-state index in [1.54, 1.807) is 18.5 Å². The molecule has 0 spiro atoms. The molecule has 1 aliphatic rings. The lowest BCUT2D eigenvalue weighted by Crippen LogP contribution is -2.21. The second-order valence-electron chi connectivity index (χ2n) is 4.85. The van der Waals surface area contributed by atoms with Crippen LogP contribution in [0.2, 0.25) is 0 Å². The summed E-state index contributed by atoms with van der Waals surface area (Å²) in [6, 6.07) is 4.92. The molecule has 0 saturated heterocycles. The molecule has 2 aromatic rings. The van der Waals surface area contributed by atoms with Gasteiger partial charge in [0.1, 0.15) is 23.9 Å². The summed E-state index contributed by atoms with van der Waals surface area (Å²) in [5.74, 6) is -0.119. The van der Waals surface area contributed by atoms with Crippen molar-refractivity contribution in [2.45, 2.75) is 12.5 Å². The van der Waals surface area contributed by atoms with Crippen molar-refractivity contribution < 1.29 is 14.0 Å². The Hall–Kier alpha value is -2.25. The van der Waals surface area contributed by atoms with E-state index in [-0.39, 0.29) is 25.1 Å². The highest BCUT2D eigenvalue weighted by Gasteiger charge is 2.21. The van der Waals surface area contributed by atoms with Crippen molar-refractivity contribution in [1.82, 2.24) is 9.97 Å². The molecule has 0 amide bonds. The van der Waals surface area contributed by atoms with Crippen molar-refractivity contribution in [3.8, 4) is 17.0 Å². The van der Waals surface area contributed by atoms with Crippen molar-refractivity contribution in [3.63, 3.8) is 0 Å². The van der Waals surface area contributed by atoms with Gasteiger partial charge in [-0.05, 0) is 12.1 Å². The smallest absolute Gasteiger partial charge is 0.166 e. The number of pyridine rings is 2. The molecule has 0 fully saturated rings. The topological polar surface area (TPSA) is 82.6 Å². The standard InChI is InChI=1S/C15H15FN4O2.ClH/c16-11-4-14(21-9-13-5-12(6-17)20-22-13)15(19-8-11)10-2-1-3-18-7-10;/h1-4,7-8,13H,5-6,9,17H2;1H. The summed E-state index contributed by atoms with van der Waals surface area (Å²) in [6.45, 7) is 0.602. The average Bonchev–Trinajstić information content (AvgIpc) is 3.02. The molecule has 8 heteroatoms. The number of oxime groups is 1. The number of ether oxygens (including phenoxy) is 1. The second kappa shape index (κ2) is 7.85. The number of hydrogen-bond donors (Lipinski definition) is 1. The van der Waals surface area contributed by atoms with Crippen molar-refractivity contribution in [2.24, 2.45) is 10.9 Å². The Morgan fingerprint density at radius 3 is 2.96 bits per heavy atom. The van der Waals surface area contributed by atoms with Gasteiger partial charge < -0.3 is 15.3 Å². The van der Waals surface area contributed by atoms with Gasteiger partial charge in [-0.3, -0.25) is 4.98 Å². The fraction of sp³-hybridized carbons (Fsp3) is 0.267. The van der Waals surface area contributed by atoms with Crippen LogP contribution in [0.5, 0.6) is 5.75 Å². The van der Waals surface area contributed by atoms with Crippen LogP contribution in [-0.4, -0.2) is 34.9 Å². The van der Waals surface area contributed by atoms with E-state index in [0.29, 0.717) is 24.4 Å². The van der Waals surface area contributed by atoms with Gasteiger partial charge in [0.05, 0.1) is 11.9 Å². The summed E-state index contributed by atoms with van der Waals surface area (Å²) in [7, 11) is 0. The number of aromatic nitrogens is 2. The molecular formula is C15H16ClFN4O2. The monoisotopic (exact) mass is 338 g/mol. The first-order valence-electron chi connectivity index (χ1n) is 6.86. The first-order chi connectivity index (χ1) is 10.8. The van der Waals surface area contributed by atoms with Gasteiger partial charge in [0.2, 0.25) is 0 Å². The molecule has 1 atom stereocenters. The Bertz CT molecular complexity index is 684. The molecule has 0 aromatic carbocycles. The summed E-state index contributed by atoms with van der Waals surface area (Å²) in [5, 5.41) is 3.86. The lowest BCUT2D eigenvalue weighted by molar-refractivity contribution is 0.0470. The van der Waals surface area contributed by atoms with Crippen LogP contribution >= 0.6 is 12.4 Å². The van der Waals surface area contributed by atoms with E-state index in [1.165, 1.54) is 6.07 Å². The Morgan fingerprint density at radius 1 is 1.39 bits per heavy atom. The van der Waals surface area contributed by atoms with Crippen molar-refractivity contribution in [1.29, 1.82) is 0 Å². The fourth-order valence-corrected chi connectivity index (χ4v) is 2.13. The molecule has 23 heavy (non-hydrogen) atoms. The first-order valence-corrected chi connectivity index (χ1v) is 6.86. The van der Waals surface area contributed by atoms with E-state index >= 15 is 0 Å². The maximum absolute atomic E-state index is 13.5. The molecule has 3 rings (SSSR count). The molecule has 3 heterocycles. The Balaban J connectivity index is 0.00000192. The summed E-state index contributed by atoms with van der Waals surface area (Å²) in [5.41, 5.74) is 7.58. The van der Waals surface area contributed by atoms with Crippen molar-refractivity contribution in [3.05, 3.63) is 42.6 Å². The molecule has 1 unspecified atom stereocenters. The summed E-state index contributed by atoms with van der Waals surface area (Å²) in [6.07, 6.45) is 4.85. The van der Waals surface area contributed by atoms with Gasteiger partial charge in [-0.25, -0.2) is 9.37 Å². The maximum atomic E-state index is 13.5. The van der Waals surface area contributed by atoms with Crippen LogP contribution in [0.25, 0.3) is 11.3 Å². The molecule has 0 radical (unpaired) electrons. The SMILES string of the molecule is Cl.NCC1=NOC(COc2cc(F)cnc2-c2cccnc2)C1. The number of halogens is 2. The maximum Gasteiger partial charge on any atom is 0.166 e. The highest BCUT2D eigenvalue weighted by molar-refractivity contribution is 5.87. The van der Waals surface area contributed by atoms with Gasteiger partial charge in [-0.2, -0.15) is 0 Å². The molecule has 2 N–H and O–H groups in total. The van der Waals surface area contributed by atoms with E-state index < -0.39 is 5.82 Å². The van der Waals surface area contributed by atoms with Crippen LogP contribution < -0.4 is 10.5 Å². The van der Waals surface area contributed by atoms with Gasteiger partial charge in [0, 0.05) is 37.0 Å². The molecular weight excluding hydrogens is 323 g/mol. The van der Waals surface area contributed by atoms with Crippen LogP contribution in [0.3, 0.4) is 0 Å². The highest BCUT2D eigenvalue weighted by Crippen LogP contribution is 2.28. The van der Waals surface area contributed by atoms with Gasteiger partial charge in [0.15, 0.2) is 6.10 Å². The number of nitrogens with zero attached hydrogens (tertiary/aromatic N) is 3. The lowest BCUT2D eigenvalue weighted by atomic mass is 10.1. The number of hydrogen-bond acceptors (Lipinski definition) is 6. The van der Waals surface area contributed by atoms with Crippen LogP contribution in [0.1, 0.15) is 6.42 Å². The van der Waals surface area contributed by atoms with Gasteiger partial charge >= 0.3 is 0 Å². The van der Waals surface area contributed by atoms with Crippen molar-refractivity contribution in [2.75, 3.05) is 13.2 Å². The fourth-order valence-electron chi connectivity index (χ4n) is 2.13. The van der Waals surface area contributed by atoms with Crippen molar-refractivity contribution >= 4 is 18.1 Å². The van der Waals surface area contributed by atoms with Gasteiger partial charge in [-0.15, -0.1) is 12.4 Å². The third kappa shape index (κ3) is 4.14. The zero-order chi connectivity index (χ0) is 15.4. The third-order valence-electron chi connectivity index (χ3n) is 3.21. The quantitative estimate of drug-likeness (QED) is 0.903. The summed E-state index contributed by atoms with van der Waals surface area (Å²) >= 11 is 0. The predicted octanol–water partition coefficient (Wildman–Crippen LogP) is 2.19. The zero-order valence-electron chi connectivity index (χ0n) is 12.2. The number of nitrogens with two attached hydrogens (primary N) is 1. The van der Waals surface area contributed by atoms with Crippen LogP contribution in [0.4, 0.5) is 4.39 Å². The first kappa shape index (κ1) is 17.1. The third-order valence-corrected chi connectivity index (χ3v) is 3.21.